The van der Waals surface area contributed by atoms with Gasteiger partial charge in [0.1, 0.15) is 0 Å². The van der Waals surface area contributed by atoms with Gasteiger partial charge in [-0.25, -0.2) is 0 Å². The van der Waals surface area contributed by atoms with Crippen LogP contribution < -0.4 is 10.6 Å². The lowest BCUT2D eigenvalue weighted by Gasteiger charge is -2.26. The van der Waals surface area contributed by atoms with E-state index in [1.165, 1.54) is 0 Å². The topological polar surface area (TPSA) is 58.2 Å². The molecule has 6 heteroatoms. The molecular formula is C15H18Cl2N2O2. The van der Waals surface area contributed by atoms with Crippen molar-refractivity contribution in [3.8, 4) is 0 Å². The van der Waals surface area contributed by atoms with Gasteiger partial charge in [-0.05, 0) is 49.8 Å². The largest absolute Gasteiger partial charge is 0.345 e. The smallest absolute Gasteiger partial charge is 0.313 e. The van der Waals surface area contributed by atoms with Gasteiger partial charge in [0.25, 0.3) is 0 Å². The van der Waals surface area contributed by atoms with Crippen molar-refractivity contribution in [3.63, 3.8) is 0 Å². The summed E-state index contributed by atoms with van der Waals surface area (Å²) in [6.07, 6.45) is 4.00. The summed E-state index contributed by atoms with van der Waals surface area (Å²) in [4.78, 5) is 23.7. The summed E-state index contributed by atoms with van der Waals surface area (Å²) in [5.41, 5.74) is 0.407. The number of benzene rings is 1. The second kappa shape index (κ2) is 7.14. The maximum atomic E-state index is 11.9. The Labute approximate surface area is 134 Å². The van der Waals surface area contributed by atoms with E-state index >= 15 is 0 Å². The van der Waals surface area contributed by atoms with Crippen molar-refractivity contribution in [1.82, 2.24) is 5.32 Å². The molecule has 114 valence electrons. The third-order valence-electron chi connectivity index (χ3n) is 3.68. The molecule has 1 fully saturated rings. The van der Waals surface area contributed by atoms with Crippen LogP contribution in [0.15, 0.2) is 18.2 Å². The third kappa shape index (κ3) is 4.90. The molecule has 0 unspecified atom stereocenters. The van der Waals surface area contributed by atoms with E-state index in [0.717, 1.165) is 25.7 Å². The lowest BCUT2D eigenvalue weighted by atomic mass is 9.87. The molecule has 1 saturated carbocycles. The van der Waals surface area contributed by atoms with Crippen molar-refractivity contribution in [2.75, 3.05) is 5.32 Å². The summed E-state index contributed by atoms with van der Waals surface area (Å²) in [6, 6.07) is 4.73. The highest BCUT2D eigenvalue weighted by Gasteiger charge is 2.22. The maximum Gasteiger partial charge on any atom is 0.313 e. The molecule has 4 nitrogen and oxygen atoms in total. The van der Waals surface area contributed by atoms with E-state index in [4.69, 9.17) is 23.2 Å². The second-order valence-corrected chi connectivity index (χ2v) is 6.42. The standard InChI is InChI=1S/C15H18Cl2N2O2/c1-9-2-4-12(5-3-9)18-14(20)15(21)19-13-7-10(16)6-11(17)8-13/h6-9,12H,2-5H2,1H3,(H,18,20)(H,19,21). The lowest BCUT2D eigenvalue weighted by molar-refractivity contribution is -0.136. The molecule has 0 aliphatic heterocycles. The number of carbonyl (C=O) groups excluding carboxylic acids is 2. The number of rotatable bonds is 2. The Balaban J connectivity index is 1.89. The van der Waals surface area contributed by atoms with Gasteiger partial charge < -0.3 is 10.6 Å². The number of halogens is 2. The minimum absolute atomic E-state index is 0.0856. The molecule has 2 amide bonds. The van der Waals surface area contributed by atoms with Gasteiger partial charge in [-0.3, -0.25) is 9.59 Å². The molecule has 0 atom stereocenters. The summed E-state index contributed by atoms with van der Waals surface area (Å²) in [5.74, 6) is -0.627. The van der Waals surface area contributed by atoms with Crippen LogP contribution in [0.1, 0.15) is 32.6 Å². The summed E-state index contributed by atoms with van der Waals surface area (Å²) < 4.78 is 0. The predicted octanol–water partition coefficient (Wildman–Crippen LogP) is 3.63. The molecule has 0 saturated heterocycles. The quantitative estimate of drug-likeness (QED) is 0.814. The van der Waals surface area contributed by atoms with Gasteiger partial charge in [-0.15, -0.1) is 0 Å². The molecule has 0 aromatic heterocycles. The first kappa shape index (κ1) is 16.1. The Morgan fingerprint density at radius 2 is 1.57 bits per heavy atom. The van der Waals surface area contributed by atoms with E-state index in [-0.39, 0.29) is 6.04 Å². The maximum absolute atomic E-state index is 11.9. The van der Waals surface area contributed by atoms with Crippen molar-refractivity contribution in [2.45, 2.75) is 38.6 Å². The minimum atomic E-state index is -0.702. The molecule has 1 aromatic rings. The fraction of sp³-hybridized carbons (Fsp3) is 0.467. The number of carbonyl (C=O) groups is 2. The summed E-state index contributed by atoms with van der Waals surface area (Å²) in [5, 5.41) is 6.08. The van der Waals surface area contributed by atoms with Crippen LogP contribution in [0.5, 0.6) is 0 Å². The number of hydrogen-bond acceptors (Lipinski definition) is 2. The molecule has 1 aliphatic rings. The van der Waals surface area contributed by atoms with Crippen molar-refractivity contribution in [1.29, 1.82) is 0 Å². The Kier molecular flexibility index (Phi) is 5.48. The highest BCUT2D eigenvalue weighted by molar-refractivity contribution is 6.40. The minimum Gasteiger partial charge on any atom is -0.345 e. The van der Waals surface area contributed by atoms with Gasteiger partial charge in [0, 0.05) is 21.8 Å². The Hall–Kier alpha value is -1.26. The van der Waals surface area contributed by atoms with Crippen LogP contribution >= 0.6 is 23.2 Å². The zero-order valence-corrected chi connectivity index (χ0v) is 13.3. The van der Waals surface area contributed by atoms with E-state index < -0.39 is 11.8 Å². The van der Waals surface area contributed by atoms with Crippen LogP contribution in [-0.4, -0.2) is 17.9 Å². The molecule has 2 rings (SSSR count). The normalized spacial score (nSPS) is 21.7. The van der Waals surface area contributed by atoms with Crippen LogP contribution in [-0.2, 0) is 9.59 Å². The molecule has 0 spiro atoms. The Morgan fingerprint density at radius 3 is 2.14 bits per heavy atom. The molecule has 21 heavy (non-hydrogen) atoms. The van der Waals surface area contributed by atoms with Gasteiger partial charge in [-0.2, -0.15) is 0 Å². The third-order valence-corrected chi connectivity index (χ3v) is 4.11. The van der Waals surface area contributed by atoms with Gasteiger partial charge in [0.15, 0.2) is 0 Å². The number of anilines is 1. The van der Waals surface area contributed by atoms with Crippen molar-refractivity contribution < 1.29 is 9.59 Å². The molecule has 1 aliphatic carbocycles. The predicted molar refractivity (Wildman–Crippen MR) is 84.7 cm³/mol. The average Bonchev–Trinajstić information content (AvgIpc) is 2.40. The molecule has 0 heterocycles. The van der Waals surface area contributed by atoms with Crippen molar-refractivity contribution >= 4 is 40.7 Å². The fourth-order valence-corrected chi connectivity index (χ4v) is 3.00. The zero-order valence-electron chi connectivity index (χ0n) is 11.8. The number of nitrogens with one attached hydrogen (secondary N) is 2. The van der Waals surface area contributed by atoms with Gasteiger partial charge in [-0.1, -0.05) is 30.1 Å². The monoisotopic (exact) mass is 328 g/mol. The van der Waals surface area contributed by atoms with E-state index in [0.29, 0.717) is 21.7 Å². The van der Waals surface area contributed by atoms with Crippen molar-refractivity contribution in [2.24, 2.45) is 5.92 Å². The second-order valence-electron chi connectivity index (χ2n) is 5.54. The average molecular weight is 329 g/mol. The highest BCUT2D eigenvalue weighted by atomic mass is 35.5. The summed E-state index contributed by atoms with van der Waals surface area (Å²) in [7, 11) is 0. The van der Waals surface area contributed by atoms with E-state index in [9.17, 15) is 9.59 Å². The molecule has 0 bridgehead atoms. The Bertz CT molecular complexity index is 520. The summed E-state index contributed by atoms with van der Waals surface area (Å²) >= 11 is 11.7. The van der Waals surface area contributed by atoms with Gasteiger partial charge in [0.2, 0.25) is 0 Å². The molecule has 1 aromatic carbocycles. The first-order chi connectivity index (χ1) is 9.94. The van der Waals surface area contributed by atoms with Gasteiger partial charge >= 0.3 is 11.8 Å². The Morgan fingerprint density at radius 1 is 1.00 bits per heavy atom. The van der Waals surface area contributed by atoms with Crippen LogP contribution in [0.25, 0.3) is 0 Å². The first-order valence-corrected chi connectivity index (χ1v) is 7.77. The highest BCUT2D eigenvalue weighted by Crippen LogP contribution is 2.24. The van der Waals surface area contributed by atoms with Crippen molar-refractivity contribution in [3.05, 3.63) is 28.2 Å². The van der Waals surface area contributed by atoms with Crippen LogP contribution in [0, 0.1) is 5.92 Å². The van der Waals surface area contributed by atoms with E-state index in [1.54, 1.807) is 18.2 Å². The molecule has 2 N–H and O–H groups in total. The number of hydrogen-bond donors (Lipinski definition) is 2. The SMILES string of the molecule is CC1CCC(NC(=O)C(=O)Nc2cc(Cl)cc(Cl)c2)CC1. The lowest BCUT2D eigenvalue weighted by Crippen LogP contribution is -2.43. The van der Waals surface area contributed by atoms with E-state index in [1.807, 2.05) is 0 Å². The van der Waals surface area contributed by atoms with E-state index in [2.05, 4.69) is 17.6 Å². The first-order valence-electron chi connectivity index (χ1n) is 7.02. The number of amides is 2. The van der Waals surface area contributed by atoms with Crippen LogP contribution in [0.3, 0.4) is 0 Å². The molecular weight excluding hydrogens is 311 g/mol. The van der Waals surface area contributed by atoms with Gasteiger partial charge in [0.05, 0.1) is 0 Å². The van der Waals surface area contributed by atoms with Crippen LogP contribution in [0.4, 0.5) is 5.69 Å². The van der Waals surface area contributed by atoms with Crippen LogP contribution in [0.2, 0.25) is 10.0 Å². The summed E-state index contributed by atoms with van der Waals surface area (Å²) in [6.45, 7) is 2.20. The zero-order chi connectivity index (χ0) is 15.4. The molecule has 0 radical (unpaired) electrons. The fourth-order valence-electron chi connectivity index (χ4n) is 2.47.